The zero-order chi connectivity index (χ0) is 18.5. The van der Waals surface area contributed by atoms with Crippen LogP contribution in [0.2, 0.25) is 0 Å². The van der Waals surface area contributed by atoms with Gasteiger partial charge in [0.15, 0.2) is 0 Å². The molecule has 0 atom stereocenters. The van der Waals surface area contributed by atoms with Crippen LogP contribution in [-0.4, -0.2) is 24.7 Å². The van der Waals surface area contributed by atoms with Crippen LogP contribution in [-0.2, 0) is 6.54 Å². The second kappa shape index (κ2) is 8.85. The number of hydrogen-bond acceptors (Lipinski definition) is 3. The molecule has 3 aromatic rings. The van der Waals surface area contributed by atoms with Crippen LogP contribution >= 0.6 is 23.1 Å². The molecule has 0 fully saturated rings. The van der Waals surface area contributed by atoms with Gasteiger partial charge in [0.1, 0.15) is 5.82 Å². The van der Waals surface area contributed by atoms with Crippen LogP contribution in [0.15, 0.2) is 59.5 Å². The molecule has 0 amide bonds. The molecule has 0 unspecified atom stereocenters. The summed E-state index contributed by atoms with van der Waals surface area (Å²) in [5, 5.41) is 0. The predicted molar refractivity (Wildman–Crippen MR) is 114 cm³/mol. The Bertz CT molecular complexity index is 838. The fourth-order valence-corrected chi connectivity index (χ4v) is 4.72. The molecule has 0 bridgehead atoms. The van der Waals surface area contributed by atoms with E-state index in [1.54, 1.807) is 23.9 Å². The molecular formula is C22H24FNS2. The number of benzene rings is 2. The average molecular weight is 386 g/mol. The van der Waals surface area contributed by atoms with Gasteiger partial charge in [0.05, 0.1) is 0 Å². The normalized spacial score (nSPS) is 11.3. The van der Waals surface area contributed by atoms with E-state index in [1.807, 2.05) is 23.5 Å². The van der Waals surface area contributed by atoms with Crippen molar-refractivity contribution in [2.45, 2.75) is 24.8 Å². The molecule has 0 saturated carbocycles. The summed E-state index contributed by atoms with van der Waals surface area (Å²) in [6, 6.07) is 17.8. The molecule has 136 valence electrons. The first kappa shape index (κ1) is 19.2. The van der Waals surface area contributed by atoms with Gasteiger partial charge in [-0.3, -0.25) is 0 Å². The fraction of sp³-hybridized carbons (Fsp3) is 0.273. The fourth-order valence-electron chi connectivity index (χ4n) is 3.05. The summed E-state index contributed by atoms with van der Waals surface area (Å²) in [4.78, 5) is 6.15. The molecule has 0 aliphatic carbocycles. The van der Waals surface area contributed by atoms with E-state index in [2.05, 4.69) is 55.5 Å². The Kier molecular flexibility index (Phi) is 6.52. The van der Waals surface area contributed by atoms with Gasteiger partial charge in [0.2, 0.25) is 0 Å². The topological polar surface area (TPSA) is 3.24 Å². The molecule has 0 radical (unpaired) electrons. The van der Waals surface area contributed by atoms with E-state index in [0.29, 0.717) is 0 Å². The minimum absolute atomic E-state index is 0.195. The molecule has 2 aromatic carbocycles. The maximum Gasteiger partial charge on any atom is 0.123 e. The molecular weight excluding hydrogens is 361 g/mol. The summed E-state index contributed by atoms with van der Waals surface area (Å²) < 4.78 is 13.4. The van der Waals surface area contributed by atoms with Crippen LogP contribution in [0.3, 0.4) is 0 Å². The summed E-state index contributed by atoms with van der Waals surface area (Å²) in [6.45, 7) is 4.23. The number of rotatable bonds is 7. The van der Waals surface area contributed by atoms with Crippen molar-refractivity contribution in [2.75, 3.05) is 19.8 Å². The molecule has 0 spiro atoms. The quantitative estimate of drug-likeness (QED) is 0.412. The van der Waals surface area contributed by atoms with Gasteiger partial charge in [0, 0.05) is 26.8 Å². The summed E-state index contributed by atoms with van der Waals surface area (Å²) >= 11 is 3.56. The Morgan fingerprint density at radius 1 is 1.00 bits per heavy atom. The third kappa shape index (κ3) is 4.56. The molecule has 1 aromatic heterocycles. The Balaban J connectivity index is 2.01. The predicted octanol–water partition coefficient (Wildman–Crippen LogP) is 6.78. The van der Waals surface area contributed by atoms with Gasteiger partial charge in [-0.2, -0.15) is 0 Å². The lowest BCUT2D eigenvalue weighted by molar-refractivity contribution is 0.330. The lowest BCUT2D eigenvalue weighted by atomic mass is 10.0. The molecule has 1 heterocycles. The van der Waals surface area contributed by atoms with E-state index in [0.717, 1.165) is 25.1 Å². The summed E-state index contributed by atoms with van der Waals surface area (Å²) in [5.74, 6) is -0.195. The van der Waals surface area contributed by atoms with Crippen molar-refractivity contribution in [3.63, 3.8) is 0 Å². The summed E-state index contributed by atoms with van der Waals surface area (Å²) in [7, 11) is 2.16. The van der Waals surface area contributed by atoms with Crippen LogP contribution in [0.25, 0.3) is 21.6 Å². The summed E-state index contributed by atoms with van der Waals surface area (Å²) in [5.41, 5.74) is 3.52. The lowest BCUT2D eigenvalue weighted by Crippen LogP contribution is -2.17. The molecule has 0 N–H and O–H groups in total. The van der Waals surface area contributed by atoms with E-state index < -0.39 is 0 Å². The SMILES string of the molecule is CCCN(C)Cc1cc(-c2ccc(SC)cc2)c(-c2ccc(F)cc2)s1. The highest BCUT2D eigenvalue weighted by molar-refractivity contribution is 7.98. The van der Waals surface area contributed by atoms with Gasteiger partial charge in [-0.15, -0.1) is 23.1 Å². The van der Waals surface area contributed by atoms with E-state index >= 15 is 0 Å². The number of hydrogen-bond donors (Lipinski definition) is 0. The standard InChI is InChI=1S/C22H24FNS2/c1-4-13-24(2)15-20-14-21(16-7-11-19(25-3)12-8-16)22(26-20)17-5-9-18(23)10-6-17/h5-12,14H,4,13,15H2,1-3H3. The van der Waals surface area contributed by atoms with Crippen LogP contribution in [0.4, 0.5) is 4.39 Å². The van der Waals surface area contributed by atoms with E-state index in [9.17, 15) is 4.39 Å². The van der Waals surface area contributed by atoms with Crippen LogP contribution in [0, 0.1) is 5.82 Å². The van der Waals surface area contributed by atoms with Crippen LogP contribution in [0.5, 0.6) is 0 Å². The number of thioether (sulfide) groups is 1. The lowest BCUT2D eigenvalue weighted by Gasteiger charge is -2.13. The van der Waals surface area contributed by atoms with Crippen molar-refractivity contribution in [1.29, 1.82) is 0 Å². The Hall–Kier alpha value is -1.62. The van der Waals surface area contributed by atoms with Crippen molar-refractivity contribution in [3.05, 3.63) is 65.3 Å². The monoisotopic (exact) mass is 385 g/mol. The van der Waals surface area contributed by atoms with E-state index in [1.165, 1.54) is 25.8 Å². The highest BCUT2D eigenvalue weighted by Gasteiger charge is 2.14. The minimum atomic E-state index is -0.195. The van der Waals surface area contributed by atoms with Crippen molar-refractivity contribution >= 4 is 23.1 Å². The largest absolute Gasteiger partial charge is 0.301 e. The highest BCUT2D eigenvalue weighted by atomic mass is 32.2. The molecule has 26 heavy (non-hydrogen) atoms. The van der Waals surface area contributed by atoms with Crippen molar-refractivity contribution < 1.29 is 4.39 Å². The molecule has 1 nitrogen and oxygen atoms in total. The third-order valence-electron chi connectivity index (χ3n) is 4.32. The van der Waals surface area contributed by atoms with Gasteiger partial charge in [-0.1, -0.05) is 31.2 Å². The van der Waals surface area contributed by atoms with Crippen molar-refractivity contribution in [1.82, 2.24) is 4.90 Å². The molecule has 0 saturated heterocycles. The first-order chi connectivity index (χ1) is 12.6. The van der Waals surface area contributed by atoms with E-state index in [4.69, 9.17) is 0 Å². The summed E-state index contributed by atoms with van der Waals surface area (Å²) in [6.07, 6.45) is 3.24. The first-order valence-electron chi connectivity index (χ1n) is 8.82. The average Bonchev–Trinajstić information content (AvgIpc) is 3.06. The maximum atomic E-state index is 13.4. The van der Waals surface area contributed by atoms with Gasteiger partial charge in [-0.05, 0) is 67.7 Å². The molecule has 0 aliphatic rings. The molecule has 4 heteroatoms. The number of nitrogens with zero attached hydrogens (tertiary/aromatic N) is 1. The Morgan fingerprint density at radius 2 is 1.65 bits per heavy atom. The van der Waals surface area contributed by atoms with E-state index in [-0.39, 0.29) is 5.82 Å². The van der Waals surface area contributed by atoms with Crippen molar-refractivity contribution in [2.24, 2.45) is 0 Å². The highest BCUT2D eigenvalue weighted by Crippen LogP contribution is 2.40. The zero-order valence-corrected chi connectivity index (χ0v) is 17.1. The van der Waals surface area contributed by atoms with Gasteiger partial charge < -0.3 is 4.90 Å². The van der Waals surface area contributed by atoms with Gasteiger partial charge >= 0.3 is 0 Å². The smallest absolute Gasteiger partial charge is 0.123 e. The third-order valence-corrected chi connectivity index (χ3v) is 6.23. The second-order valence-electron chi connectivity index (χ2n) is 6.43. The minimum Gasteiger partial charge on any atom is -0.301 e. The Labute approximate surface area is 163 Å². The van der Waals surface area contributed by atoms with Crippen LogP contribution < -0.4 is 0 Å². The first-order valence-corrected chi connectivity index (χ1v) is 10.9. The van der Waals surface area contributed by atoms with Crippen molar-refractivity contribution in [3.8, 4) is 21.6 Å². The maximum absolute atomic E-state index is 13.4. The van der Waals surface area contributed by atoms with Crippen LogP contribution in [0.1, 0.15) is 18.2 Å². The Morgan fingerprint density at radius 3 is 2.27 bits per heavy atom. The molecule has 0 aliphatic heterocycles. The second-order valence-corrected chi connectivity index (χ2v) is 8.45. The van der Waals surface area contributed by atoms with Gasteiger partial charge in [0.25, 0.3) is 0 Å². The number of halogens is 1. The molecule has 3 rings (SSSR count). The number of thiophene rings is 1. The zero-order valence-electron chi connectivity index (χ0n) is 15.5. The van der Waals surface area contributed by atoms with Gasteiger partial charge in [-0.25, -0.2) is 4.39 Å².